The molecule has 0 saturated carbocycles. The molecule has 15 heavy (non-hydrogen) atoms. The minimum absolute atomic E-state index is 0.329. The zero-order valence-electron chi connectivity index (χ0n) is 8.31. The standard InChI is InChI=1S/C10H9ClFN3/c1-5-3-4-7(9(12)13-5)10-14-6(2)8(11)15-10/h3-4H,1-2H3,(H,14,15). The second-order valence-electron chi connectivity index (χ2n) is 3.29. The molecule has 5 heteroatoms. The molecule has 0 fully saturated rings. The average Bonchev–Trinajstić information content (AvgIpc) is 2.46. The maximum atomic E-state index is 13.5. The number of imidazole rings is 1. The lowest BCUT2D eigenvalue weighted by atomic mass is 10.2. The number of H-pyrrole nitrogens is 1. The molecule has 0 aliphatic rings. The SMILES string of the molecule is Cc1ccc(-c2nc(Cl)c(C)[nH]2)c(F)n1. The van der Waals surface area contributed by atoms with Crippen LogP contribution in [0.25, 0.3) is 11.4 Å². The molecule has 0 bridgehead atoms. The molecule has 0 amide bonds. The fourth-order valence-electron chi connectivity index (χ4n) is 1.27. The number of halogens is 2. The van der Waals surface area contributed by atoms with E-state index in [4.69, 9.17) is 11.6 Å². The van der Waals surface area contributed by atoms with Gasteiger partial charge < -0.3 is 4.98 Å². The quantitative estimate of drug-likeness (QED) is 0.759. The van der Waals surface area contributed by atoms with Crippen LogP contribution in [0.2, 0.25) is 5.15 Å². The molecule has 0 aromatic carbocycles. The van der Waals surface area contributed by atoms with Crippen LogP contribution in [0.1, 0.15) is 11.4 Å². The Labute approximate surface area is 91.3 Å². The number of nitrogens with one attached hydrogen (secondary N) is 1. The summed E-state index contributed by atoms with van der Waals surface area (Å²) in [6, 6.07) is 3.36. The molecule has 0 radical (unpaired) electrons. The van der Waals surface area contributed by atoms with Gasteiger partial charge in [0.2, 0.25) is 5.95 Å². The van der Waals surface area contributed by atoms with Gasteiger partial charge in [-0.25, -0.2) is 9.97 Å². The van der Waals surface area contributed by atoms with Gasteiger partial charge in [-0.3, -0.25) is 0 Å². The van der Waals surface area contributed by atoms with Crippen LogP contribution in [0.15, 0.2) is 12.1 Å². The molecule has 0 spiro atoms. The van der Waals surface area contributed by atoms with Gasteiger partial charge in [0.1, 0.15) is 11.0 Å². The van der Waals surface area contributed by atoms with E-state index in [9.17, 15) is 4.39 Å². The number of hydrogen-bond donors (Lipinski definition) is 1. The Hall–Kier alpha value is -1.42. The molecule has 2 rings (SSSR count). The molecular formula is C10H9ClFN3. The molecule has 0 atom stereocenters. The summed E-state index contributed by atoms with van der Waals surface area (Å²) in [5.41, 5.74) is 1.67. The molecule has 1 N–H and O–H groups in total. The number of rotatable bonds is 1. The van der Waals surface area contributed by atoms with Crippen LogP contribution in [0, 0.1) is 19.8 Å². The van der Waals surface area contributed by atoms with Gasteiger partial charge in [-0.2, -0.15) is 4.39 Å². The Bertz CT molecular complexity index is 488. The summed E-state index contributed by atoms with van der Waals surface area (Å²) in [6.45, 7) is 3.51. The third-order valence-corrected chi connectivity index (χ3v) is 2.44. The summed E-state index contributed by atoms with van der Waals surface area (Å²) in [4.78, 5) is 10.6. The highest BCUT2D eigenvalue weighted by molar-refractivity contribution is 6.30. The van der Waals surface area contributed by atoms with Gasteiger partial charge in [0, 0.05) is 5.69 Å². The van der Waals surface area contributed by atoms with Gasteiger partial charge in [0.25, 0.3) is 0 Å². The Morgan fingerprint density at radius 2 is 2.00 bits per heavy atom. The van der Waals surface area contributed by atoms with Crippen LogP contribution in [0.3, 0.4) is 0 Å². The molecule has 0 aliphatic carbocycles. The fourth-order valence-corrected chi connectivity index (χ4v) is 1.40. The van der Waals surface area contributed by atoms with E-state index in [0.717, 1.165) is 0 Å². The van der Waals surface area contributed by atoms with E-state index >= 15 is 0 Å². The highest BCUT2D eigenvalue weighted by atomic mass is 35.5. The van der Waals surface area contributed by atoms with Crippen molar-refractivity contribution in [2.45, 2.75) is 13.8 Å². The molecular weight excluding hydrogens is 217 g/mol. The number of nitrogens with zero attached hydrogens (tertiary/aromatic N) is 2. The first-order chi connectivity index (χ1) is 7.08. The summed E-state index contributed by atoms with van der Waals surface area (Å²) >= 11 is 5.78. The van der Waals surface area contributed by atoms with Gasteiger partial charge in [0.15, 0.2) is 0 Å². The average molecular weight is 226 g/mol. The lowest BCUT2D eigenvalue weighted by Gasteiger charge is -1.99. The van der Waals surface area contributed by atoms with Gasteiger partial charge in [-0.15, -0.1) is 0 Å². The number of aromatic nitrogens is 3. The Morgan fingerprint density at radius 3 is 2.53 bits per heavy atom. The molecule has 2 heterocycles. The van der Waals surface area contributed by atoms with E-state index in [0.29, 0.717) is 27.9 Å². The Morgan fingerprint density at radius 1 is 1.27 bits per heavy atom. The summed E-state index contributed by atoms with van der Waals surface area (Å²) in [5.74, 6) is -0.136. The van der Waals surface area contributed by atoms with Crippen molar-refractivity contribution in [2.75, 3.05) is 0 Å². The first-order valence-electron chi connectivity index (χ1n) is 4.43. The van der Waals surface area contributed by atoms with Crippen LogP contribution in [-0.4, -0.2) is 15.0 Å². The molecule has 2 aromatic rings. The number of pyridine rings is 1. The minimum Gasteiger partial charge on any atom is -0.341 e. The van der Waals surface area contributed by atoms with E-state index in [2.05, 4.69) is 15.0 Å². The van der Waals surface area contributed by atoms with Crippen molar-refractivity contribution >= 4 is 11.6 Å². The number of aryl methyl sites for hydroxylation is 2. The van der Waals surface area contributed by atoms with Crippen molar-refractivity contribution in [3.8, 4) is 11.4 Å². The van der Waals surface area contributed by atoms with Crippen molar-refractivity contribution in [1.29, 1.82) is 0 Å². The smallest absolute Gasteiger partial charge is 0.224 e. The Balaban J connectivity index is 2.54. The van der Waals surface area contributed by atoms with Crippen LogP contribution < -0.4 is 0 Å². The van der Waals surface area contributed by atoms with Crippen LogP contribution >= 0.6 is 11.6 Å². The van der Waals surface area contributed by atoms with E-state index in [-0.39, 0.29) is 0 Å². The Kier molecular flexibility index (Phi) is 2.44. The van der Waals surface area contributed by atoms with Crippen molar-refractivity contribution in [1.82, 2.24) is 15.0 Å². The zero-order chi connectivity index (χ0) is 11.0. The third kappa shape index (κ3) is 1.85. The van der Waals surface area contributed by atoms with E-state index in [1.165, 1.54) is 0 Å². The van der Waals surface area contributed by atoms with Gasteiger partial charge in [-0.1, -0.05) is 11.6 Å². The third-order valence-electron chi connectivity index (χ3n) is 2.07. The summed E-state index contributed by atoms with van der Waals surface area (Å²) in [5, 5.41) is 0.352. The molecule has 2 aromatic heterocycles. The molecule has 78 valence electrons. The highest BCUT2D eigenvalue weighted by Gasteiger charge is 2.11. The first-order valence-corrected chi connectivity index (χ1v) is 4.81. The van der Waals surface area contributed by atoms with Crippen LogP contribution in [0.5, 0.6) is 0 Å². The topological polar surface area (TPSA) is 41.6 Å². The highest BCUT2D eigenvalue weighted by Crippen LogP contribution is 2.22. The van der Waals surface area contributed by atoms with Gasteiger partial charge in [0.05, 0.1) is 11.3 Å². The van der Waals surface area contributed by atoms with E-state index < -0.39 is 5.95 Å². The predicted molar refractivity (Wildman–Crippen MR) is 56.3 cm³/mol. The van der Waals surface area contributed by atoms with Crippen molar-refractivity contribution in [3.05, 3.63) is 34.6 Å². The van der Waals surface area contributed by atoms with Crippen LogP contribution in [0.4, 0.5) is 4.39 Å². The minimum atomic E-state index is -0.541. The first kappa shape index (κ1) is 10.1. The van der Waals surface area contributed by atoms with E-state index in [1.807, 2.05) is 0 Å². The van der Waals surface area contributed by atoms with Gasteiger partial charge in [-0.05, 0) is 26.0 Å². The maximum absolute atomic E-state index is 13.5. The van der Waals surface area contributed by atoms with Crippen LogP contribution in [-0.2, 0) is 0 Å². The molecule has 0 unspecified atom stereocenters. The molecule has 0 aliphatic heterocycles. The zero-order valence-corrected chi connectivity index (χ0v) is 9.06. The second kappa shape index (κ2) is 3.62. The molecule has 0 saturated heterocycles. The fraction of sp³-hybridized carbons (Fsp3) is 0.200. The van der Waals surface area contributed by atoms with Crippen molar-refractivity contribution < 1.29 is 4.39 Å². The monoisotopic (exact) mass is 225 g/mol. The lowest BCUT2D eigenvalue weighted by Crippen LogP contribution is -1.92. The number of hydrogen-bond acceptors (Lipinski definition) is 2. The van der Waals surface area contributed by atoms with Crippen molar-refractivity contribution in [3.63, 3.8) is 0 Å². The van der Waals surface area contributed by atoms with E-state index in [1.54, 1.807) is 26.0 Å². The second-order valence-corrected chi connectivity index (χ2v) is 3.65. The maximum Gasteiger partial charge on any atom is 0.224 e. The van der Waals surface area contributed by atoms with Crippen molar-refractivity contribution in [2.24, 2.45) is 0 Å². The largest absolute Gasteiger partial charge is 0.341 e. The normalized spacial score (nSPS) is 10.7. The molecule has 3 nitrogen and oxygen atoms in total. The predicted octanol–water partition coefficient (Wildman–Crippen LogP) is 2.88. The summed E-state index contributed by atoms with van der Waals surface area (Å²) < 4.78 is 13.5. The lowest BCUT2D eigenvalue weighted by molar-refractivity contribution is 0.583. The van der Waals surface area contributed by atoms with Gasteiger partial charge >= 0.3 is 0 Å². The summed E-state index contributed by atoms with van der Waals surface area (Å²) in [7, 11) is 0. The summed E-state index contributed by atoms with van der Waals surface area (Å²) in [6.07, 6.45) is 0. The number of aromatic amines is 1.